The Morgan fingerprint density at radius 1 is 1.12 bits per heavy atom. The molecule has 2 heterocycles. The van der Waals surface area contributed by atoms with Gasteiger partial charge in [0.2, 0.25) is 0 Å². The Morgan fingerprint density at radius 2 is 1.85 bits per heavy atom. The van der Waals surface area contributed by atoms with Gasteiger partial charge in [0.1, 0.15) is 17.6 Å². The third-order valence-corrected chi connectivity index (χ3v) is 6.93. The van der Waals surface area contributed by atoms with E-state index < -0.39 is 17.7 Å². The Kier molecular flexibility index (Phi) is 6.89. The predicted molar refractivity (Wildman–Crippen MR) is 137 cm³/mol. The number of amides is 1. The number of carbonyl (C=O) groups is 2. The molecule has 34 heavy (non-hydrogen) atoms. The normalized spacial score (nSPS) is 17.6. The Labute approximate surface area is 204 Å². The number of Topliss-reactive ketones (excluding diaryl/α,β-unsaturated/α-hetero) is 1. The summed E-state index contributed by atoms with van der Waals surface area (Å²) in [6.07, 6.45) is 0.892. The Morgan fingerprint density at radius 3 is 2.44 bits per heavy atom. The molecule has 1 atom stereocenters. The molecule has 0 aliphatic carbocycles. The number of hydrogen-bond donors (Lipinski definition) is 1. The summed E-state index contributed by atoms with van der Waals surface area (Å²) in [4.78, 5) is 28.8. The largest absolute Gasteiger partial charge is 0.507 e. The molecule has 3 aromatic rings. The SMILES string of the molecule is CCCOc1ccc(/C(O)=C2/C(=O)C(=O)N(c3ccc(C(C)C)cc3)C2c2cccs2)cc1C. The van der Waals surface area contributed by atoms with Crippen molar-refractivity contribution in [1.29, 1.82) is 0 Å². The van der Waals surface area contributed by atoms with Crippen LogP contribution in [0.15, 0.2) is 65.6 Å². The van der Waals surface area contributed by atoms with Crippen LogP contribution in [0.3, 0.4) is 0 Å². The average molecular weight is 476 g/mol. The van der Waals surface area contributed by atoms with Gasteiger partial charge in [-0.15, -0.1) is 11.3 Å². The number of aryl methyl sites for hydroxylation is 1. The topological polar surface area (TPSA) is 66.8 Å². The van der Waals surface area contributed by atoms with Crippen molar-refractivity contribution in [3.63, 3.8) is 0 Å². The van der Waals surface area contributed by atoms with Crippen LogP contribution in [0.25, 0.3) is 5.76 Å². The Balaban J connectivity index is 1.81. The van der Waals surface area contributed by atoms with Gasteiger partial charge in [-0.3, -0.25) is 14.5 Å². The smallest absolute Gasteiger partial charge is 0.300 e. The van der Waals surface area contributed by atoms with Crippen molar-refractivity contribution < 1.29 is 19.4 Å². The molecule has 0 saturated carbocycles. The van der Waals surface area contributed by atoms with Crippen molar-refractivity contribution in [3.8, 4) is 5.75 Å². The highest BCUT2D eigenvalue weighted by atomic mass is 32.1. The fourth-order valence-corrected chi connectivity index (χ4v) is 4.98. The summed E-state index contributed by atoms with van der Waals surface area (Å²) in [7, 11) is 0. The lowest BCUT2D eigenvalue weighted by molar-refractivity contribution is -0.132. The summed E-state index contributed by atoms with van der Waals surface area (Å²) in [5.41, 5.74) is 3.21. The molecule has 2 aromatic carbocycles. The van der Waals surface area contributed by atoms with Gasteiger partial charge in [-0.1, -0.05) is 39.0 Å². The molecule has 4 rings (SSSR count). The summed E-state index contributed by atoms with van der Waals surface area (Å²) >= 11 is 1.45. The van der Waals surface area contributed by atoms with Gasteiger partial charge in [0, 0.05) is 16.1 Å². The molecule has 1 fully saturated rings. The molecule has 1 aromatic heterocycles. The van der Waals surface area contributed by atoms with Crippen LogP contribution in [0.2, 0.25) is 0 Å². The van der Waals surface area contributed by atoms with Gasteiger partial charge in [0.15, 0.2) is 0 Å². The summed E-state index contributed by atoms with van der Waals surface area (Å²) < 4.78 is 5.74. The van der Waals surface area contributed by atoms with Crippen LogP contribution in [0.5, 0.6) is 5.75 Å². The Hall–Kier alpha value is -3.38. The molecule has 0 spiro atoms. The van der Waals surface area contributed by atoms with E-state index in [1.165, 1.54) is 16.2 Å². The second-order valence-corrected chi connectivity index (χ2v) is 9.74. The number of aliphatic hydroxyl groups excluding tert-OH is 1. The summed E-state index contributed by atoms with van der Waals surface area (Å²) in [6.45, 7) is 8.75. The highest BCUT2D eigenvalue weighted by molar-refractivity contribution is 7.10. The van der Waals surface area contributed by atoms with Crippen molar-refractivity contribution in [2.45, 2.75) is 46.1 Å². The summed E-state index contributed by atoms with van der Waals surface area (Å²) in [5.74, 6) is -0.420. The van der Waals surface area contributed by atoms with E-state index in [4.69, 9.17) is 4.74 Å². The number of carbonyl (C=O) groups excluding carboxylic acids is 2. The lowest BCUT2D eigenvalue weighted by Crippen LogP contribution is -2.29. The average Bonchev–Trinajstić information content (AvgIpc) is 3.45. The van der Waals surface area contributed by atoms with Gasteiger partial charge in [-0.25, -0.2) is 0 Å². The minimum atomic E-state index is -0.693. The maximum absolute atomic E-state index is 13.2. The third-order valence-electron chi connectivity index (χ3n) is 6.01. The van der Waals surface area contributed by atoms with E-state index in [1.807, 2.05) is 55.6 Å². The van der Waals surface area contributed by atoms with Crippen LogP contribution in [-0.4, -0.2) is 23.4 Å². The number of hydrogen-bond acceptors (Lipinski definition) is 5. The molecule has 1 unspecified atom stereocenters. The van der Waals surface area contributed by atoms with Crippen molar-refractivity contribution in [1.82, 2.24) is 0 Å². The number of nitrogens with zero attached hydrogens (tertiary/aromatic N) is 1. The highest BCUT2D eigenvalue weighted by Crippen LogP contribution is 2.44. The standard InChI is InChI=1S/C28H29NO4S/c1-5-14-33-22-13-10-20(16-18(22)4)26(30)24-25(23-7-6-15-34-23)29(28(32)27(24)31)21-11-8-19(9-12-21)17(2)3/h6-13,15-17,25,30H,5,14H2,1-4H3/b26-24-. The van der Waals surface area contributed by atoms with E-state index >= 15 is 0 Å². The van der Waals surface area contributed by atoms with Gasteiger partial charge in [-0.2, -0.15) is 0 Å². The predicted octanol–water partition coefficient (Wildman–Crippen LogP) is 6.60. The lowest BCUT2D eigenvalue weighted by atomic mass is 9.98. The highest BCUT2D eigenvalue weighted by Gasteiger charge is 2.47. The maximum Gasteiger partial charge on any atom is 0.300 e. The minimum Gasteiger partial charge on any atom is -0.507 e. The van der Waals surface area contributed by atoms with E-state index in [2.05, 4.69) is 13.8 Å². The fourth-order valence-electron chi connectivity index (χ4n) is 4.16. The summed E-state index contributed by atoms with van der Waals surface area (Å²) in [5, 5.41) is 13.2. The number of ether oxygens (including phenoxy) is 1. The van der Waals surface area contributed by atoms with E-state index in [9.17, 15) is 14.7 Å². The minimum absolute atomic E-state index is 0.0991. The molecule has 0 bridgehead atoms. The van der Waals surface area contributed by atoms with Crippen LogP contribution in [0.1, 0.15) is 60.7 Å². The number of ketones is 1. The van der Waals surface area contributed by atoms with E-state index in [0.717, 1.165) is 28.2 Å². The first-order chi connectivity index (χ1) is 16.3. The van der Waals surface area contributed by atoms with Crippen LogP contribution in [-0.2, 0) is 9.59 Å². The number of thiophene rings is 1. The zero-order chi connectivity index (χ0) is 24.4. The zero-order valence-electron chi connectivity index (χ0n) is 19.9. The van der Waals surface area contributed by atoms with Crippen LogP contribution < -0.4 is 9.64 Å². The molecule has 176 valence electrons. The zero-order valence-corrected chi connectivity index (χ0v) is 20.7. The van der Waals surface area contributed by atoms with Crippen LogP contribution in [0.4, 0.5) is 5.69 Å². The van der Waals surface area contributed by atoms with E-state index in [0.29, 0.717) is 23.8 Å². The van der Waals surface area contributed by atoms with Gasteiger partial charge in [-0.05, 0) is 72.2 Å². The third kappa shape index (κ3) is 4.38. The molecule has 0 radical (unpaired) electrons. The van der Waals surface area contributed by atoms with Crippen molar-refractivity contribution >= 4 is 34.5 Å². The van der Waals surface area contributed by atoms with Crippen LogP contribution in [0, 0.1) is 6.92 Å². The first-order valence-electron chi connectivity index (χ1n) is 11.5. The molecular formula is C28H29NO4S. The lowest BCUT2D eigenvalue weighted by Gasteiger charge is -2.24. The van der Waals surface area contributed by atoms with Crippen molar-refractivity contribution in [2.75, 3.05) is 11.5 Å². The van der Waals surface area contributed by atoms with E-state index in [1.54, 1.807) is 18.2 Å². The molecule has 1 aliphatic rings. The number of anilines is 1. The monoisotopic (exact) mass is 475 g/mol. The second-order valence-electron chi connectivity index (χ2n) is 8.76. The molecule has 1 N–H and O–H groups in total. The maximum atomic E-state index is 13.2. The molecule has 1 saturated heterocycles. The second kappa shape index (κ2) is 9.85. The van der Waals surface area contributed by atoms with E-state index in [-0.39, 0.29) is 11.3 Å². The molecule has 1 aliphatic heterocycles. The molecular weight excluding hydrogens is 446 g/mol. The van der Waals surface area contributed by atoms with Gasteiger partial charge >= 0.3 is 0 Å². The van der Waals surface area contributed by atoms with Crippen LogP contribution >= 0.6 is 11.3 Å². The number of benzene rings is 2. The molecule has 6 heteroatoms. The Bertz CT molecular complexity index is 1230. The van der Waals surface area contributed by atoms with Gasteiger partial charge in [0.05, 0.1) is 12.2 Å². The number of aliphatic hydroxyl groups is 1. The number of rotatable bonds is 7. The summed E-state index contributed by atoms with van der Waals surface area (Å²) in [6, 6.07) is 16.1. The van der Waals surface area contributed by atoms with Crippen molar-refractivity contribution in [2.24, 2.45) is 0 Å². The van der Waals surface area contributed by atoms with Gasteiger partial charge < -0.3 is 9.84 Å². The molecule has 5 nitrogen and oxygen atoms in total. The first kappa shape index (κ1) is 23.8. The quantitative estimate of drug-likeness (QED) is 0.238. The first-order valence-corrected chi connectivity index (χ1v) is 12.4. The van der Waals surface area contributed by atoms with Crippen molar-refractivity contribution in [3.05, 3.63) is 87.1 Å². The molecule has 1 amide bonds. The van der Waals surface area contributed by atoms with Gasteiger partial charge in [0.25, 0.3) is 11.7 Å². The fraction of sp³-hybridized carbons (Fsp3) is 0.286.